The van der Waals surface area contributed by atoms with Crippen LogP contribution in [0.15, 0.2) is 53.5 Å². The maximum Gasteiger partial charge on any atom is 0.262 e. The fourth-order valence-corrected chi connectivity index (χ4v) is 3.49. The highest BCUT2D eigenvalue weighted by Gasteiger charge is 2.30. The van der Waals surface area contributed by atoms with Crippen LogP contribution >= 0.6 is 0 Å². The number of aryl methyl sites for hydroxylation is 1. The number of para-hydroxylation sites is 2. The molecular formula is C22H24N4O3. The van der Waals surface area contributed by atoms with Crippen molar-refractivity contribution in [2.75, 3.05) is 18.0 Å². The van der Waals surface area contributed by atoms with E-state index in [1.807, 2.05) is 55.1 Å². The number of nitrogens with zero attached hydrogens (tertiary/aromatic N) is 3. The van der Waals surface area contributed by atoms with Gasteiger partial charge in [0.1, 0.15) is 11.4 Å². The summed E-state index contributed by atoms with van der Waals surface area (Å²) in [6.07, 6.45) is 2.04. The first-order valence-electron chi connectivity index (χ1n) is 9.82. The molecular weight excluding hydrogens is 368 g/mol. The van der Waals surface area contributed by atoms with E-state index >= 15 is 0 Å². The summed E-state index contributed by atoms with van der Waals surface area (Å²) in [5, 5.41) is 2.90. The number of ether oxygens (including phenoxy) is 1. The van der Waals surface area contributed by atoms with Crippen molar-refractivity contribution in [3.63, 3.8) is 0 Å². The standard InChI is InChI=1S/C22H24N4O3/c1-3-10-23-22(28)19-14-25(17-6-4-5-7-18(17)29-19)13-16-11-21(27)26-12-15(2)8-9-20(26)24-16/h4-9,11-12,19H,3,10,13-14H2,1-2H3,(H,23,28)/t19-/m1/s1. The van der Waals surface area contributed by atoms with E-state index in [9.17, 15) is 9.59 Å². The van der Waals surface area contributed by atoms with Gasteiger partial charge in [-0.15, -0.1) is 0 Å². The van der Waals surface area contributed by atoms with Gasteiger partial charge in [-0.1, -0.05) is 25.1 Å². The zero-order valence-corrected chi connectivity index (χ0v) is 16.6. The molecule has 3 heterocycles. The van der Waals surface area contributed by atoms with E-state index in [1.165, 1.54) is 0 Å². The first-order chi connectivity index (χ1) is 14.0. The van der Waals surface area contributed by atoms with Crippen LogP contribution in [0.4, 0.5) is 5.69 Å². The van der Waals surface area contributed by atoms with Crippen molar-refractivity contribution in [2.45, 2.75) is 32.9 Å². The number of hydrogen-bond acceptors (Lipinski definition) is 5. The van der Waals surface area contributed by atoms with Crippen LogP contribution in [0.3, 0.4) is 0 Å². The molecule has 1 aliphatic rings. The summed E-state index contributed by atoms with van der Waals surface area (Å²) in [5.41, 5.74) is 3.03. The van der Waals surface area contributed by atoms with Gasteiger partial charge in [-0.05, 0) is 37.1 Å². The summed E-state index contributed by atoms with van der Waals surface area (Å²) in [4.78, 5) is 31.7. The van der Waals surface area contributed by atoms with Gasteiger partial charge in [-0.2, -0.15) is 0 Å². The Kier molecular flexibility index (Phi) is 5.20. The molecule has 1 atom stereocenters. The van der Waals surface area contributed by atoms with Crippen molar-refractivity contribution in [1.82, 2.24) is 14.7 Å². The van der Waals surface area contributed by atoms with E-state index in [-0.39, 0.29) is 11.5 Å². The molecule has 7 nitrogen and oxygen atoms in total. The van der Waals surface area contributed by atoms with Crippen molar-refractivity contribution < 1.29 is 9.53 Å². The summed E-state index contributed by atoms with van der Waals surface area (Å²) in [5.74, 6) is 0.525. The van der Waals surface area contributed by atoms with Gasteiger partial charge in [0.15, 0.2) is 6.10 Å². The fraction of sp³-hybridized carbons (Fsp3) is 0.318. The second kappa shape index (κ2) is 7.95. The van der Waals surface area contributed by atoms with Gasteiger partial charge in [0.2, 0.25) is 0 Å². The predicted octanol–water partition coefficient (Wildman–Crippen LogP) is 2.30. The maximum absolute atomic E-state index is 12.5. The first kappa shape index (κ1) is 19.0. The van der Waals surface area contributed by atoms with Gasteiger partial charge in [0, 0.05) is 18.8 Å². The second-order valence-electron chi connectivity index (χ2n) is 7.27. The lowest BCUT2D eigenvalue weighted by atomic mass is 10.1. The Bertz CT molecular complexity index is 1110. The third-order valence-corrected chi connectivity index (χ3v) is 4.92. The number of aromatic nitrogens is 2. The molecule has 7 heteroatoms. The Hall–Kier alpha value is -3.35. The molecule has 2 aromatic heterocycles. The van der Waals surface area contributed by atoms with Crippen LogP contribution in [0.2, 0.25) is 0 Å². The highest BCUT2D eigenvalue weighted by molar-refractivity contribution is 5.83. The molecule has 1 aromatic carbocycles. The average Bonchev–Trinajstić information content (AvgIpc) is 2.72. The lowest BCUT2D eigenvalue weighted by Gasteiger charge is -2.35. The number of nitrogens with one attached hydrogen (secondary N) is 1. The van der Waals surface area contributed by atoms with Crippen LogP contribution in [0.1, 0.15) is 24.6 Å². The molecule has 0 unspecified atom stereocenters. The van der Waals surface area contributed by atoms with Crippen molar-refractivity contribution >= 4 is 17.2 Å². The van der Waals surface area contributed by atoms with E-state index < -0.39 is 6.10 Å². The Morgan fingerprint density at radius 2 is 2.10 bits per heavy atom. The van der Waals surface area contributed by atoms with Crippen LogP contribution in [0, 0.1) is 6.92 Å². The molecule has 29 heavy (non-hydrogen) atoms. The number of hydrogen-bond donors (Lipinski definition) is 1. The minimum absolute atomic E-state index is 0.118. The minimum Gasteiger partial charge on any atom is -0.477 e. The average molecular weight is 392 g/mol. The van der Waals surface area contributed by atoms with Crippen molar-refractivity contribution in [3.05, 3.63) is 70.3 Å². The SMILES string of the molecule is CCCNC(=O)[C@H]1CN(Cc2cc(=O)n3cc(C)ccc3n2)c2ccccc2O1. The molecule has 3 aromatic rings. The highest BCUT2D eigenvalue weighted by Crippen LogP contribution is 2.33. The van der Waals surface area contributed by atoms with Gasteiger partial charge < -0.3 is 15.0 Å². The normalized spacial score (nSPS) is 15.7. The number of rotatable bonds is 5. The third-order valence-electron chi connectivity index (χ3n) is 4.92. The number of pyridine rings is 1. The Labute approximate surface area is 168 Å². The van der Waals surface area contributed by atoms with Gasteiger partial charge in [-0.3, -0.25) is 14.0 Å². The summed E-state index contributed by atoms with van der Waals surface area (Å²) in [7, 11) is 0. The van der Waals surface area contributed by atoms with Crippen molar-refractivity contribution in [2.24, 2.45) is 0 Å². The fourth-order valence-electron chi connectivity index (χ4n) is 3.49. The monoisotopic (exact) mass is 392 g/mol. The largest absolute Gasteiger partial charge is 0.477 e. The number of anilines is 1. The number of fused-ring (bicyclic) bond motifs is 2. The zero-order chi connectivity index (χ0) is 20.4. The van der Waals surface area contributed by atoms with Crippen LogP contribution in [-0.4, -0.2) is 34.5 Å². The quantitative estimate of drug-likeness (QED) is 0.721. The smallest absolute Gasteiger partial charge is 0.262 e. The van der Waals surface area contributed by atoms with Crippen LogP contribution in [0.25, 0.3) is 5.65 Å². The number of carbonyl (C=O) groups excluding carboxylic acids is 1. The molecule has 4 rings (SSSR count). The molecule has 1 amide bonds. The Balaban J connectivity index is 1.64. The number of amides is 1. The summed E-state index contributed by atoms with van der Waals surface area (Å²) < 4.78 is 7.47. The van der Waals surface area contributed by atoms with Crippen LogP contribution in [-0.2, 0) is 11.3 Å². The summed E-state index contributed by atoms with van der Waals surface area (Å²) in [6, 6.07) is 12.9. The van der Waals surface area contributed by atoms with Crippen LogP contribution < -0.4 is 20.5 Å². The second-order valence-corrected chi connectivity index (χ2v) is 7.27. The van der Waals surface area contributed by atoms with E-state index in [2.05, 4.69) is 10.3 Å². The Morgan fingerprint density at radius 1 is 1.28 bits per heavy atom. The molecule has 0 bridgehead atoms. The highest BCUT2D eigenvalue weighted by atomic mass is 16.5. The first-order valence-corrected chi connectivity index (χ1v) is 9.82. The van der Waals surface area contributed by atoms with Gasteiger partial charge in [-0.25, -0.2) is 4.98 Å². The molecule has 0 saturated carbocycles. The molecule has 0 radical (unpaired) electrons. The molecule has 0 saturated heterocycles. The lowest BCUT2D eigenvalue weighted by Crippen LogP contribution is -2.49. The lowest BCUT2D eigenvalue weighted by molar-refractivity contribution is -0.127. The molecule has 0 spiro atoms. The van der Waals surface area contributed by atoms with E-state index in [4.69, 9.17) is 4.74 Å². The van der Waals surface area contributed by atoms with Gasteiger partial charge >= 0.3 is 0 Å². The molecule has 1 N–H and O–H groups in total. The van der Waals surface area contributed by atoms with Crippen LogP contribution in [0.5, 0.6) is 5.75 Å². The zero-order valence-electron chi connectivity index (χ0n) is 16.6. The van der Waals surface area contributed by atoms with Crippen molar-refractivity contribution in [1.29, 1.82) is 0 Å². The minimum atomic E-state index is -0.611. The van der Waals surface area contributed by atoms with Gasteiger partial charge in [0.05, 0.1) is 24.5 Å². The van der Waals surface area contributed by atoms with Gasteiger partial charge in [0.25, 0.3) is 11.5 Å². The molecule has 0 fully saturated rings. The van der Waals surface area contributed by atoms with E-state index in [0.29, 0.717) is 36.7 Å². The topological polar surface area (TPSA) is 75.9 Å². The number of carbonyl (C=O) groups is 1. The molecule has 0 aliphatic carbocycles. The van der Waals surface area contributed by atoms with Crippen molar-refractivity contribution in [3.8, 4) is 5.75 Å². The number of benzene rings is 1. The third kappa shape index (κ3) is 3.94. The van der Waals surface area contributed by atoms with E-state index in [0.717, 1.165) is 17.7 Å². The molecule has 1 aliphatic heterocycles. The predicted molar refractivity (Wildman–Crippen MR) is 111 cm³/mol. The Morgan fingerprint density at radius 3 is 2.93 bits per heavy atom. The molecule has 150 valence electrons. The van der Waals surface area contributed by atoms with E-state index in [1.54, 1.807) is 16.7 Å². The summed E-state index contributed by atoms with van der Waals surface area (Å²) >= 11 is 0. The maximum atomic E-state index is 12.5. The summed E-state index contributed by atoms with van der Waals surface area (Å²) in [6.45, 7) is 5.37.